The second kappa shape index (κ2) is 8.33. The lowest BCUT2D eigenvalue weighted by Gasteiger charge is -2.35. The predicted molar refractivity (Wildman–Crippen MR) is 88.0 cm³/mol. The van der Waals surface area contributed by atoms with Crippen LogP contribution in [0.3, 0.4) is 0 Å². The summed E-state index contributed by atoms with van der Waals surface area (Å²) in [6, 6.07) is 1.67. The highest BCUT2D eigenvalue weighted by Crippen LogP contribution is 2.09. The van der Waals surface area contributed by atoms with E-state index in [1.807, 2.05) is 0 Å². The first-order chi connectivity index (χ1) is 11.2. The van der Waals surface area contributed by atoms with Crippen molar-refractivity contribution >= 4 is 11.8 Å². The molecule has 1 aliphatic heterocycles. The third-order valence-corrected chi connectivity index (χ3v) is 3.84. The van der Waals surface area contributed by atoms with E-state index < -0.39 is 0 Å². The maximum absolute atomic E-state index is 12.3. The van der Waals surface area contributed by atoms with E-state index in [2.05, 4.69) is 18.1 Å². The smallest absolute Gasteiger partial charge is 0.257 e. The van der Waals surface area contributed by atoms with E-state index in [4.69, 9.17) is 4.42 Å². The topological polar surface area (TPSA) is 57.0 Å². The molecule has 1 fully saturated rings. The average molecular weight is 317 g/mol. The second-order valence-electron chi connectivity index (χ2n) is 5.46. The van der Waals surface area contributed by atoms with Gasteiger partial charge in [-0.3, -0.25) is 14.5 Å². The predicted octanol–water partition coefficient (Wildman–Crippen LogP) is 1.24. The summed E-state index contributed by atoms with van der Waals surface area (Å²) >= 11 is 0. The van der Waals surface area contributed by atoms with Crippen molar-refractivity contribution in [3.8, 4) is 0 Å². The number of hydrogen-bond donors (Lipinski definition) is 0. The molecule has 6 nitrogen and oxygen atoms in total. The van der Waals surface area contributed by atoms with Crippen LogP contribution in [0.4, 0.5) is 0 Å². The average Bonchev–Trinajstić information content (AvgIpc) is 3.09. The molecule has 6 heteroatoms. The number of hydrogen-bond acceptors (Lipinski definition) is 4. The fraction of sp³-hybridized carbons (Fsp3) is 0.412. The fourth-order valence-corrected chi connectivity index (χ4v) is 2.56. The van der Waals surface area contributed by atoms with E-state index in [1.165, 1.54) is 12.5 Å². The zero-order chi connectivity index (χ0) is 16.7. The van der Waals surface area contributed by atoms with Crippen LogP contribution in [0.25, 0.3) is 0 Å². The third kappa shape index (κ3) is 4.56. The van der Waals surface area contributed by atoms with Crippen molar-refractivity contribution in [1.29, 1.82) is 0 Å². The van der Waals surface area contributed by atoms with Gasteiger partial charge in [-0.05, 0) is 6.07 Å². The summed E-state index contributed by atoms with van der Waals surface area (Å²) in [5.41, 5.74) is 0.567. The molecule has 1 aromatic rings. The van der Waals surface area contributed by atoms with E-state index >= 15 is 0 Å². The van der Waals surface area contributed by atoms with E-state index in [1.54, 1.807) is 28.0 Å². The number of carbonyl (C=O) groups is 2. The van der Waals surface area contributed by atoms with Crippen molar-refractivity contribution < 1.29 is 14.0 Å². The Labute approximate surface area is 136 Å². The summed E-state index contributed by atoms with van der Waals surface area (Å²) in [4.78, 5) is 30.1. The van der Waals surface area contributed by atoms with E-state index in [0.29, 0.717) is 51.4 Å². The maximum atomic E-state index is 12.3. The van der Waals surface area contributed by atoms with E-state index in [-0.39, 0.29) is 11.8 Å². The Morgan fingerprint density at radius 1 is 1.17 bits per heavy atom. The molecule has 0 spiro atoms. The van der Waals surface area contributed by atoms with Crippen molar-refractivity contribution in [3.63, 3.8) is 0 Å². The Hall–Kier alpha value is -2.34. The van der Waals surface area contributed by atoms with Gasteiger partial charge in [0, 0.05) is 39.3 Å². The van der Waals surface area contributed by atoms with Crippen molar-refractivity contribution in [2.24, 2.45) is 0 Å². The van der Waals surface area contributed by atoms with Crippen LogP contribution in [0.1, 0.15) is 10.4 Å². The lowest BCUT2D eigenvalue weighted by atomic mass is 10.2. The number of nitrogens with zero attached hydrogens (tertiary/aromatic N) is 3. The number of piperazine rings is 1. The Morgan fingerprint density at radius 3 is 2.35 bits per heavy atom. The summed E-state index contributed by atoms with van der Waals surface area (Å²) in [6.45, 7) is 11.3. The lowest BCUT2D eigenvalue weighted by molar-refractivity contribution is -0.131. The van der Waals surface area contributed by atoms with E-state index in [9.17, 15) is 9.59 Å². The fourth-order valence-electron chi connectivity index (χ4n) is 2.56. The number of carbonyl (C=O) groups excluding carboxylic acids is 2. The van der Waals surface area contributed by atoms with Crippen LogP contribution in [0.15, 0.2) is 48.3 Å². The van der Waals surface area contributed by atoms with Crippen LogP contribution < -0.4 is 0 Å². The van der Waals surface area contributed by atoms with Gasteiger partial charge in [0.25, 0.3) is 5.91 Å². The highest BCUT2D eigenvalue weighted by atomic mass is 16.3. The minimum Gasteiger partial charge on any atom is -0.472 e. The minimum atomic E-state index is -0.0235. The molecule has 124 valence electrons. The van der Waals surface area contributed by atoms with Gasteiger partial charge in [-0.2, -0.15) is 0 Å². The monoisotopic (exact) mass is 317 g/mol. The maximum Gasteiger partial charge on any atom is 0.257 e. The summed E-state index contributed by atoms with van der Waals surface area (Å²) in [6.07, 6.45) is 6.38. The molecule has 23 heavy (non-hydrogen) atoms. The van der Waals surface area contributed by atoms with Gasteiger partial charge < -0.3 is 14.2 Å². The molecule has 0 aromatic carbocycles. The molecule has 0 bridgehead atoms. The first-order valence-corrected chi connectivity index (χ1v) is 7.69. The molecule has 1 aromatic heterocycles. The zero-order valence-electron chi connectivity index (χ0n) is 13.3. The SMILES string of the molecule is C=CCN(CC=C)C(=O)CN1CCN(C(=O)c2ccoc2)CC1. The highest BCUT2D eigenvalue weighted by Gasteiger charge is 2.24. The van der Waals surface area contributed by atoms with Crippen molar-refractivity contribution in [2.45, 2.75) is 0 Å². The van der Waals surface area contributed by atoms with Crippen LogP contribution in [-0.2, 0) is 4.79 Å². The molecule has 2 amide bonds. The van der Waals surface area contributed by atoms with Gasteiger partial charge in [-0.1, -0.05) is 12.2 Å². The number of amides is 2. The molecule has 2 heterocycles. The molecule has 1 aliphatic rings. The van der Waals surface area contributed by atoms with E-state index in [0.717, 1.165) is 0 Å². The number of rotatable bonds is 7. The molecule has 2 rings (SSSR count). The molecule has 0 saturated carbocycles. The summed E-state index contributed by atoms with van der Waals surface area (Å²) in [5.74, 6) is 0.0316. The van der Waals surface area contributed by atoms with Gasteiger partial charge in [0.2, 0.25) is 5.91 Å². The normalized spacial score (nSPS) is 15.2. The largest absolute Gasteiger partial charge is 0.472 e. The quantitative estimate of drug-likeness (QED) is 0.710. The molecule has 1 saturated heterocycles. The molecular weight excluding hydrogens is 294 g/mol. The molecule has 0 aliphatic carbocycles. The van der Waals surface area contributed by atoms with Gasteiger partial charge in [0.1, 0.15) is 6.26 Å². The third-order valence-electron chi connectivity index (χ3n) is 3.84. The van der Waals surface area contributed by atoms with Crippen molar-refractivity contribution in [3.05, 3.63) is 49.5 Å². The van der Waals surface area contributed by atoms with Gasteiger partial charge in [-0.25, -0.2) is 0 Å². The van der Waals surface area contributed by atoms with Crippen LogP contribution >= 0.6 is 0 Å². The highest BCUT2D eigenvalue weighted by molar-refractivity contribution is 5.93. The Bertz CT molecular complexity index is 535. The molecule has 0 N–H and O–H groups in total. The van der Waals surface area contributed by atoms with Gasteiger partial charge in [-0.15, -0.1) is 13.2 Å². The molecule has 0 unspecified atom stereocenters. The Balaban J connectivity index is 1.82. The Kier molecular flexibility index (Phi) is 6.17. The van der Waals surface area contributed by atoms with Gasteiger partial charge >= 0.3 is 0 Å². The number of furan rings is 1. The Morgan fingerprint density at radius 2 is 1.83 bits per heavy atom. The first-order valence-electron chi connectivity index (χ1n) is 7.69. The summed E-state index contributed by atoms with van der Waals surface area (Å²) in [5, 5.41) is 0. The second-order valence-corrected chi connectivity index (χ2v) is 5.46. The van der Waals surface area contributed by atoms with Crippen molar-refractivity contribution in [1.82, 2.24) is 14.7 Å². The van der Waals surface area contributed by atoms with Crippen molar-refractivity contribution in [2.75, 3.05) is 45.8 Å². The standard InChI is InChI=1S/C17H23N3O3/c1-3-6-19(7-4-2)16(21)13-18-8-10-20(11-9-18)17(22)15-5-12-23-14-15/h3-5,12,14H,1-2,6-11,13H2. The van der Waals surface area contributed by atoms with Gasteiger partial charge in [0.15, 0.2) is 0 Å². The zero-order valence-corrected chi connectivity index (χ0v) is 13.3. The van der Waals surface area contributed by atoms with Crippen LogP contribution in [0, 0.1) is 0 Å². The molecule has 0 radical (unpaired) electrons. The molecular formula is C17H23N3O3. The van der Waals surface area contributed by atoms with Crippen LogP contribution in [-0.4, -0.2) is 72.3 Å². The first kappa shape index (κ1) is 17.0. The van der Waals surface area contributed by atoms with Crippen LogP contribution in [0.5, 0.6) is 0 Å². The summed E-state index contributed by atoms with van der Waals surface area (Å²) in [7, 11) is 0. The lowest BCUT2D eigenvalue weighted by Crippen LogP contribution is -2.51. The molecule has 0 atom stereocenters. The van der Waals surface area contributed by atoms with Gasteiger partial charge in [0.05, 0.1) is 18.4 Å². The summed E-state index contributed by atoms with van der Waals surface area (Å²) < 4.78 is 4.95. The minimum absolute atomic E-state index is 0.0235. The van der Waals surface area contributed by atoms with Crippen LogP contribution in [0.2, 0.25) is 0 Å².